The van der Waals surface area contributed by atoms with E-state index in [9.17, 15) is 9.59 Å². The Morgan fingerprint density at radius 1 is 1.09 bits per heavy atom. The molecule has 0 fully saturated rings. The second-order valence-electron chi connectivity index (χ2n) is 4.81. The summed E-state index contributed by atoms with van der Waals surface area (Å²) in [5.41, 5.74) is 1.97. The number of benzene rings is 2. The molecule has 2 aromatic rings. The molecular weight excluding hydrogens is 308 g/mol. The Bertz CT molecular complexity index is 711. The van der Waals surface area contributed by atoms with E-state index in [1.807, 2.05) is 30.3 Å². The first-order valence-electron chi connectivity index (χ1n) is 7.12. The maximum Gasteiger partial charge on any atom is 0.255 e. The topological polar surface area (TPSA) is 58.2 Å². The van der Waals surface area contributed by atoms with E-state index >= 15 is 0 Å². The summed E-state index contributed by atoms with van der Waals surface area (Å²) in [5.74, 6) is 0.444. The smallest absolute Gasteiger partial charge is 0.255 e. The van der Waals surface area contributed by atoms with Crippen molar-refractivity contribution < 1.29 is 9.59 Å². The molecule has 2 rings (SSSR count). The zero-order valence-electron chi connectivity index (χ0n) is 12.8. The Balaban J connectivity index is 2.10. The molecular formula is C18H18N2O2S. The van der Waals surface area contributed by atoms with Crippen LogP contribution in [0.25, 0.3) is 0 Å². The van der Waals surface area contributed by atoms with E-state index in [0.29, 0.717) is 11.3 Å². The van der Waals surface area contributed by atoms with Crippen LogP contribution in [0.2, 0.25) is 0 Å². The number of amides is 2. The molecule has 0 heterocycles. The van der Waals surface area contributed by atoms with Gasteiger partial charge < -0.3 is 10.6 Å². The van der Waals surface area contributed by atoms with Gasteiger partial charge in [-0.25, -0.2) is 0 Å². The van der Waals surface area contributed by atoms with Gasteiger partial charge in [0, 0.05) is 28.8 Å². The molecule has 0 aliphatic rings. The lowest BCUT2D eigenvalue weighted by Crippen LogP contribution is -2.13. The summed E-state index contributed by atoms with van der Waals surface area (Å²) in [6.45, 7) is 5.15. The first kappa shape index (κ1) is 16.8. The molecule has 0 aromatic heterocycles. The van der Waals surface area contributed by atoms with Crippen molar-refractivity contribution in [2.45, 2.75) is 11.8 Å². The van der Waals surface area contributed by atoms with Gasteiger partial charge in [0.25, 0.3) is 5.91 Å². The first-order valence-corrected chi connectivity index (χ1v) is 8.10. The number of carbonyl (C=O) groups excluding carboxylic acids is 2. The van der Waals surface area contributed by atoms with Gasteiger partial charge in [-0.2, -0.15) is 0 Å². The Morgan fingerprint density at radius 3 is 2.43 bits per heavy atom. The van der Waals surface area contributed by atoms with Crippen LogP contribution in [0.1, 0.15) is 17.3 Å². The van der Waals surface area contributed by atoms with Gasteiger partial charge >= 0.3 is 0 Å². The molecule has 0 aliphatic carbocycles. The Kier molecular flexibility index (Phi) is 6.00. The first-order chi connectivity index (χ1) is 11.1. The minimum absolute atomic E-state index is 0.143. The van der Waals surface area contributed by atoms with Gasteiger partial charge in [-0.05, 0) is 36.4 Å². The number of nitrogens with one attached hydrogen (secondary N) is 2. The lowest BCUT2D eigenvalue weighted by molar-refractivity contribution is -0.114. The number of carbonyl (C=O) groups is 2. The van der Waals surface area contributed by atoms with Gasteiger partial charge in [0.1, 0.15) is 0 Å². The summed E-state index contributed by atoms with van der Waals surface area (Å²) in [4.78, 5) is 24.3. The van der Waals surface area contributed by atoms with E-state index in [4.69, 9.17) is 0 Å². The van der Waals surface area contributed by atoms with Crippen LogP contribution in [0, 0.1) is 0 Å². The predicted molar refractivity (Wildman–Crippen MR) is 96.1 cm³/mol. The fourth-order valence-electron chi connectivity index (χ4n) is 1.95. The van der Waals surface area contributed by atoms with Gasteiger partial charge in [-0.3, -0.25) is 9.59 Å². The van der Waals surface area contributed by atoms with Crippen LogP contribution in [0.15, 0.2) is 66.1 Å². The number of anilines is 2. The molecule has 2 aromatic carbocycles. The maximum atomic E-state index is 12.3. The van der Waals surface area contributed by atoms with Crippen molar-refractivity contribution in [3.8, 4) is 0 Å². The summed E-state index contributed by atoms with van der Waals surface area (Å²) < 4.78 is 0. The number of para-hydroxylation sites is 1. The zero-order valence-corrected chi connectivity index (χ0v) is 13.7. The van der Waals surface area contributed by atoms with Crippen molar-refractivity contribution >= 4 is 35.0 Å². The molecule has 5 heteroatoms. The molecule has 0 unspecified atom stereocenters. The maximum absolute atomic E-state index is 12.3. The quantitative estimate of drug-likeness (QED) is 0.618. The van der Waals surface area contributed by atoms with E-state index in [1.54, 1.807) is 36.0 Å². The molecule has 2 N–H and O–H groups in total. The molecule has 0 aliphatic heterocycles. The van der Waals surface area contributed by atoms with Crippen LogP contribution >= 0.6 is 11.8 Å². The molecule has 0 radical (unpaired) electrons. The average molecular weight is 326 g/mol. The normalized spacial score (nSPS) is 9.96. The van der Waals surface area contributed by atoms with E-state index in [1.165, 1.54) is 6.92 Å². The third-order valence-electron chi connectivity index (χ3n) is 2.96. The molecule has 0 saturated heterocycles. The van der Waals surface area contributed by atoms with Crippen molar-refractivity contribution in [3.63, 3.8) is 0 Å². The largest absolute Gasteiger partial charge is 0.326 e. The second-order valence-corrected chi connectivity index (χ2v) is 5.87. The van der Waals surface area contributed by atoms with Gasteiger partial charge in [-0.1, -0.05) is 18.2 Å². The molecule has 118 valence electrons. The third-order valence-corrected chi connectivity index (χ3v) is 4.03. The van der Waals surface area contributed by atoms with Crippen LogP contribution < -0.4 is 10.6 Å². The van der Waals surface area contributed by atoms with E-state index in [-0.39, 0.29) is 11.8 Å². The standard InChI is InChI=1S/C18H18N2O2S/c1-3-12-23-17-7-5-4-6-16(17)20-18(22)14-8-10-15(11-9-14)19-13(2)21/h3-11H,1,12H2,2H3,(H,19,21)(H,20,22). The summed E-state index contributed by atoms with van der Waals surface area (Å²) >= 11 is 1.61. The number of thioether (sulfide) groups is 1. The highest BCUT2D eigenvalue weighted by atomic mass is 32.2. The van der Waals surface area contributed by atoms with Gasteiger partial charge in [0.2, 0.25) is 5.91 Å². The van der Waals surface area contributed by atoms with Crippen molar-refractivity contribution in [1.82, 2.24) is 0 Å². The van der Waals surface area contributed by atoms with Gasteiger partial charge in [-0.15, -0.1) is 18.3 Å². The fourth-order valence-corrected chi connectivity index (χ4v) is 2.69. The highest BCUT2D eigenvalue weighted by molar-refractivity contribution is 7.99. The number of hydrogen-bond acceptors (Lipinski definition) is 3. The number of hydrogen-bond donors (Lipinski definition) is 2. The lowest BCUT2D eigenvalue weighted by atomic mass is 10.2. The molecule has 23 heavy (non-hydrogen) atoms. The zero-order chi connectivity index (χ0) is 16.7. The molecule has 0 atom stereocenters. The summed E-state index contributed by atoms with van der Waals surface area (Å²) in [6.07, 6.45) is 1.82. The minimum atomic E-state index is -0.189. The van der Waals surface area contributed by atoms with Crippen molar-refractivity contribution in [3.05, 3.63) is 66.7 Å². The Hall–Kier alpha value is -2.53. The Morgan fingerprint density at radius 2 is 1.78 bits per heavy atom. The summed E-state index contributed by atoms with van der Waals surface area (Å²) in [5, 5.41) is 5.58. The van der Waals surface area contributed by atoms with E-state index in [2.05, 4.69) is 17.2 Å². The third kappa shape index (κ3) is 5.00. The van der Waals surface area contributed by atoms with Crippen LogP contribution in [-0.4, -0.2) is 17.6 Å². The van der Waals surface area contributed by atoms with Crippen LogP contribution in [0.5, 0.6) is 0 Å². The molecule has 0 saturated carbocycles. The van der Waals surface area contributed by atoms with E-state index in [0.717, 1.165) is 16.3 Å². The monoisotopic (exact) mass is 326 g/mol. The minimum Gasteiger partial charge on any atom is -0.326 e. The second kappa shape index (κ2) is 8.19. The van der Waals surface area contributed by atoms with Crippen LogP contribution in [0.3, 0.4) is 0 Å². The van der Waals surface area contributed by atoms with Crippen molar-refractivity contribution in [2.75, 3.05) is 16.4 Å². The van der Waals surface area contributed by atoms with Gasteiger partial charge in [0.05, 0.1) is 5.69 Å². The molecule has 0 bridgehead atoms. The SMILES string of the molecule is C=CCSc1ccccc1NC(=O)c1ccc(NC(C)=O)cc1. The van der Waals surface area contributed by atoms with Crippen LogP contribution in [0.4, 0.5) is 11.4 Å². The molecule has 4 nitrogen and oxygen atoms in total. The highest BCUT2D eigenvalue weighted by Gasteiger charge is 2.09. The van der Waals surface area contributed by atoms with E-state index < -0.39 is 0 Å². The predicted octanol–water partition coefficient (Wildman–Crippen LogP) is 4.18. The Labute approximate surface area is 140 Å². The van der Waals surface area contributed by atoms with Crippen molar-refractivity contribution in [2.24, 2.45) is 0 Å². The lowest BCUT2D eigenvalue weighted by Gasteiger charge is -2.10. The average Bonchev–Trinajstić information content (AvgIpc) is 2.54. The summed E-state index contributed by atoms with van der Waals surface area (Å²) in [7, 11) is 0. The van der Waals surface area contributed by atoms with Gasteiger partial charge in [0.15, 0.2) is 0 Å². The summed E-state index contributed by atoms with van der Waals surface area (Å²) in [6, 6.07) is 14.4. The number of rotatable bonds is 6. The highest BCUT2D eigenvalue weighted by Crippen LogP contribution is 2.27. The fraction of sp³-hybridized carbons (Fsp3) is 0.111. The van der Waals surface area contributed by atoms with Crippen LogP contribution in [-0.2, 0) is 4.79 Å². The molecule has 2 amide bonds. The van der Waals surface area contributed by atoms with Crippen molar-refractivity contribution in [1.29, 1.82) is 0 Å². The molecule has 0 spiro atoms.